The molecule has 1 amide bonds. The van der Waals surface area contributed by atoms with Crippen LogP contribution in [0.5, 0.6) is 0 Å². The first-order chi connectivity index (χ1) is 14.3. The molecule has 0 spiro atoms. The first-order valence-electron chi connectivity index (χ1n) is 11.5. The molecule has 5 fully saturated rings. The van der Waals surface area contributed by atoms with Gasteiger partial charge in [0.05, 0.1) is 5.56 Å². The highest BCUT2D eigenvalue weighted by Crippen LogP contribution is 2.60. The molecule has 7 heteroatoms. The van der Waals surface area contributed by atoms with Crippen LogP contribution in [0.3, 0.4) is 0 Å². The molecule has 0 aromatic heterocycles. The number of carbonyl (C=O) groups excluding carboxylic acids is 1. The standard InChI is InChI=1S/C24H31F3N2O.ClH/c25-24(26,27)20-3-1-16(2-4-20)5-7-29-8-6-21(15-29)28-22(30)23-12-17-9-18(13-23)11-19(10-17)14-23;/h1-4,17-19,21H,5-15H2,(H,28,30);1H/t17?,18?,19?,21-,23?;/m0./s1. The summed E-state index contributed by atoms with van der Waals surface area (Å²) in [6.07, 6.45) is 4.71. The van der Waals surface area contributed by atoms with Crippen LogP contribution in [0.25, 0.3) is 0 Å². The van der Waals surface area contributed by atoms with E-state index in [1.54, 1.807) is 12.1 Å². The highest BCUT2D eigenvalue weighted by atomic mass is 35.5. The van der Waals surface area contributed by atoms with Crippen LogP contribution in [0.4, 0.5) is 13.2 Å². The second-order valence-corrected chi connectivity index (χ2v) is 10.4. The van der Waals surface area contributed by atoms with E-state index in [9.17, 15) is 18.0 Å². The lowest BCUT2D eigenvalue weighted by Crippen LogP contribution is -2.55. The quantitative estimate of drug-likeness (QED) is 0.670. The van der Waals surface area contributed by atoms with Crippen molar-refractivity contribution in [2.45, 2.75) is 63.6 Å². The highest BCUT2D eigenvalue weighted by molar-refractivity contribution is 5.85. The summed E-state index contributed by atoms with van der Waals surface area (Å²) in [6.45, 7) is 2.60. The van der Waals surface area contributed by atoms with Crippen LogP contribution in [0.1, 0.15) is 56.1 Å². The summed E-state index contributed by atoms with van der Waals surface area (Å²) in [6, 6.07) is 5.68. The van der Waals surface area contributed by atoms with E-state index in [-0.39, 0.29) is 23.9 Å². The second-order valence-electron chi connectivity index (χ2n) is 10.4. The first kappa shape index (κ1) is 22.9. The molecule has 6 rings (SSSR count). The molecule has 4 saturated carbocycles. The topological polar surface area (TPSA) is 32.3 Å². The van der Waals surface area contributed by atoms with E-state index >= 15 is 0 Å². The lowest BCUT2D eigenvalue weighted by atomic mass is 9.49. The fourth-order valence-corrected chi connectivity index (χ4v) is 7.03. The molecule has 1 atom stereocenters. The first-order valence-corrected chi connectivity index (χ1v) is 11.5. The number of hydrogen-bond donors (Lipinski definition) is 1. The minimum Gasteiger partial charge on any atom is -0.352 e. The number of hydrogen-bond acceptors (Lipinski definition) is 2. The van der Waals surface area contributed by atoms with E-state index in [1.165, 1.54) is 19.3 Å². The van der Waals surface area contributed by atoms with Gasteiger partial charge in [0.25, 0.3) is 0 Å². The molecule has 1 aliphatic heterocycles. The Morgan fingerprint density at radius 1 is 1.03 bits per heavy atom. The maximum absolute atomic E-state index is 13.2. The van der Waals surface area contributed by atoms with Crippen molar-refractivity contribution in [1.29, 1.82) is 0 Å². The van der Waals surface area contributed by atoms with E-state index < -0.39 is 11.7 Å². The third-order valence-electron chi connectivity index (χ3n) is 8.13. The average Bonchev–Trinajstić information content (AvgIpc) is 3.12. The molecule has 1 aromatic rings. The van der Waals surface area contributed by atoms with Gasteiger partial charge in [0.15, 0.2) is 0 Å². The molecule has 1 N–H and O–H groups in total. The smallest absolute Gasteiger partial charge is 0.352 e. The average molecular weight is 457 g/mol. The van der Waals surface area contributed by atoms with E-state index in [2.05, 4.69) is 10.2 Å². The van der Waals surface area contributed by atoms with Crippen molar-refractivity contribution in [3.05, 3.63) is 35.4 Å². The van der Waals surface area contributed by atoms with Crippen LogP contribution >= 0.6 is 12.4 Å². The predicted octanol–water partition coefficient (Wildman–Crippen LogP) is 5.08. The van der Waals surface area contributed by atoms with Gasteiger partial charge in [-0.3, -0.25) is 4.79 Å². The molecule has 5 aliphatic rings. The van der Waals surface area contributed by atoms with Gasteiger partial charge in [-0.15, -0.1) is 12.4 Å². The van der Waals surface area contributed by atoms with Gasteiger partial charge in [0, 0.05) is 31.1 Å². The molecule has 1 heterocycles. The minimum absolute atomic E-state index is 0. The zero-order valence-electron chi connectivity index (χ0n) is 17.8. The summed E-state index contributed by atoms with van der Waals surface area (Å²) >= 11 is 0. The number of benzene rings is 1. The van der Waals surface area contributed by atoms with Gasteiger partial charge in [-0.25, -0.2) is 0 Å². The number of likely N-dealkylation sites (tertiary alicyclic amines) is 1. The van der Waals surface area contributed by atoms with E-state index in [0.29, 0.717) is 5.91 Å². The largest absolute Gasteiger partial charge is 0.416 e. The number of carbonyl (C=O) groups is 1. The van der Waals surface area contributed by atoms with E-state index in [0.717, 1.165) is 87.2 Å². The van der Waals surface area contributed by atoms with Crippen molar-refractivity contribution in [3.63, 3.8) is 0 Å². The fraction of sp³-hybridized carbons (Fsp3) is 0.708. The van der Waals surface area contributed by atoms with Crippen molar-refractivity contribution < 1.29 is 18.0 Å². The summed E-state index contributed by atoms with van der Waals surface area (Å²) in [7, 11) is 0. The minimum atomic E-state index is -4.28. The Hall–Kier alpha value is -1.27. The van der Waals surface area contributed by atoms with E-state index in [4.69, 9.17) is 0 Å². The highest BCUT2D eigenvalue weighted by Gasteiger charge is 2.54. The SMILES string of the molecule is Cl.O=C(N[C@H]1CCN(CCc2ccc(C(F)(F)F)cc2)C1)C12CC3CC(CC(C3)C1)C2. The molecule has 4 aliphatic carbocycles. The third kappa shape index (κ3) is 4.75. The van der Waals surface area contributed by atoms with Gasteiger partial charge in [0.2, 0.25) is 5.91 Å². The van der Waals surface area contributed by atoms with Gasteiger partial charge in [0.1, 0.15) is 0 Å². The van der Waals surface area contributed by atoms with Gasteiger partial charge < -0.3 is 10.2 Å². The molecule has 0 unspecified atom stereocenters. The number of amides is 1. The van der Waals surface area contributed by atoms with Crippen molar-refractivity contribution in [3.8, 4) is 0 Å². The van der Waals surface area contributed by atoms with Crippen LogP contribution in [-0.4, -0.2) is 36.5 Å². The summed E-state index contributed by atoms with van der Waals surface area (Å²) in [5.74, 6) is 2.61. The van der Waals surface area contributed by atoms with Crippen molar-refractivity contribution in [2.75, 3.05) is 19.6 Å². The summed E-state index contributed by atoms with van der Waals surface area (Å²) in [4.78, 5) is 15.6. The van der Waals surface area contributed by atoms with Gasteiger partial charge in [-0.1, -0.05) is 12.1 Å². The molecular formula is C24H32ClF3N2O. The third-order valence-corrected chi connectivity index (χ3v) is 8.13. The molecule has 4 bridgehead atoms. The fourth-order valence-electron chi connectivity index (χ4n) is 7.03. The molecule has 0 radical (unpaired) electrons. The normalized spacial score (nSPS) is 34.5. The lowest BCUT2D eigenvalue weighted by Gasteiger charge is -2.55. The molecule has 3 nitrogen and oxygen atoms in total. The van der Waals surface area contributed by atoms with Gasteiger partial charge in [-0.2, -0.15) is 13.2 Å². The Morgan fingerprint density at radius 2 is 1.61 bits per heavy atom. The van der Waals surface area contributed by atoms with Crippen LogP contribution in [-0.2, 0) is 17.4 Å². The molecule has 1 saturated heterocycles. The molecule has 172 valence electrons. The maximum Gasteiger partial charge on any atom is 0.416 e. The second kappa shape index (κ2) is 8.58. The van der Waals surface area contributed by atoms with Crippen molar-refractivity contribution >= 4 is 18.3 Å². The Bertz CT molecular complexity index is 760. The van der Waals surface area contributed by atoms with Crippen LogP contribution in [0, 0.1) is 23.2 Å². The summed E-state index contributed by atoms with van der Waals surface area (Å²) in [5.41, 5.74) is 0.228. The predicted molar refractivity (Wildman–Crippen MR) is 116 cm³/mol. The van der Waals surface area contributed by atoms with Gasteiger partial charge in [-0.05, 0) is 86.8 Å². The van der Waals surface area contributed by atoms with Crippen molar-refractivity contribution in [2.24, 2.45) is 23.2 Å². The molecule has 31 heavy (non-hydrogen) atoms. The Kier molecular flexibility index (Phi) is 6.34. The number of nitrogens with zero attached hydrogens (tertiary/aromatic N) is 1. The number of halogens is 4. The van der Waals surface area contributed by atoms with Gasteiger partial charge >= 0.3 is 6.18 Å². The van der Waals surface area contributed by atoms with E-state index in [1.807, 2.05) is 0 Å². The zero-order valence-corrected chi connectivity index (χ0v) is 18.6. The summed E-state index contributed by atoms with van der Waals surface area (Å²) < 4.78 is 38.1. The Balaban J connectivity index is 0.00000231. The number of nitrogens with one attached hydrogen (secondary N) is 1. The molecule has 1 aromatic carbocycles. The van der Waals surface area contributed by atoms with Crippen LogP contribution in [0.2, 0.25) is 0 Å². The van der Waals surface area contributed by atoms with Crippen molar-refractivity contribution in [1.82, 2.24) is 10.2 Å². The maximum atomic E-state index is 13.2. The van der Waals surface area contributed by atoms with Crippen LogP contribution in [0.15, 0.2) is 24.3 Å². The van der Waals surface area contributed by atoms with Crippen LogP contribution < -0.4 is 5.32 Å². The molecular weight excluding hydrogens is 425 g/mol. The monoisotopic (exact) mass is 456 g/mol. The zero-order chi connectivity index (χ0) is 20.9. The lowest BCUT2D eigenvalue weighted by molar-refractivity contribution is -0.147. The summed E-state index contributed by atoms with van der Waals surface area (Å²) in [5, 5.41) is 3.38. The Morgan fingerprint density at radius 3 is 2.16 bits per heavy atom. The Labute approximate surface area is 188 Å². The number of rotatable bonds is 5. The number of alkyl halides is 3.